The highest BCUT2D eigenvalue weighted by molar-refractivity contribution is 7.12. The molecule has 0 aliphatic rings. The lowest BCUT2D eigenvalue weighted by molar-refractivity contribution is -0.121. The summed E-state index contributed by atoms with van der Waals surface area (Å²) < 4.78 is 0. The summed E-state index contributed by atoms with van der Waals surface area (Å²) in [4.78, 5) is 28.8. The summed E-state index contributed by atoms with van der Waals surface area (Å²) in [5.74, 6) is -0.0765. The van der Waals surface area contributed by atoms with Crippen LogP contribution in [-0.4, -0.2) is 29.9 Å². The van der Waals surface area contributed by atoms with Crippen LogP contribution in [0.1, 0.15) is 28.1 Å². The van der Waals surface area contributed by atoms with Crippen molar-refractivity contribution in [2.45, 2.75) is 19.3 Å². The number of nitrogens with one attached hydrogen (secondary N) is 2. The first-order chi connectivity index (χ1) is 12.7. The average molecular weight is 367 g/mol. The van der Waals surface area contributed by atoms with Gasteiger partial charge in [-0.1, -0.05) is 30.3 Å². The second kappa shape index (κ2) is 9.10. The fraction of sp³-hybridized carbons (Fsp3) is 0.250. The smallest absolute Gasteiger partial charge is 0.261 e. The molecule has 0 atom stereocenters. The third kappa shape index (κ3) is 4.89. The monoisotopic (exact) mass is 367 g/mol. The molecule has 5 nitrogen and oxygen atoms in total. The Morgan fingerprint density at radius 3 is 2.73 bits per heavy atom. The predicted molar refractivity (Wildman–Crippen MR) is 104 cm³/mol. The van der Waals surface area contributed by atoms with E-state index in [9.17, 15) is 9.59 Å². The molecule has 134 valence electrons. The molecule has 0 fully saturated rings. The fourth-order valence-corrected chi connectivity index (χ4v) is 3.38. The van der Waals surface area contributed by atoms with Crippen LogP contribution in [0.25, 0.3) is 10.9 Å². The van der Waals surface area contributed by atoms with Gasteiger partial charge in [0.15, 0.2) is 0 Å². The minimum Gasteiger partial charge on any atom is -0.356 e. The zero-order chi connectivity index (χ0) is 18.2. The number of para-hydroxylation sites is 1. The Hall–Kier alpha value is -2.73. The first-order valence-corrected chi connectivity index (χ1v) is 9.53. The van der Waals surface area contributed by atoms with Gasteiger partial charge in [-0.3, -0.25) is 14.6 Å². The third-order valence-corrected chi connectivity index (χ3v) is 4.91. The van der Waals surface area contributed by atoms with E-state index in [2.05, 4.69) is 15.6 Å². The Morgan fingerprint density at radius 1 is 1.00 bits per heavy atom. The quantitative estimate of drug-likeness (QED) is 0.601. The van der Waals surface area contributed by atoms with Crippen molar-refractivity contribution < 1.29 is 9.59 Å². The number of nitrogens with zero attached hydrogens (tertiary/aromatic N) is 1. The van der Waals surface area contributed by atoms with Gasteiger partial charge in [0.25, 0.3) is 5.91 Å². The highest BCUT2D eigenvalue weighted by atomic mass is 32.1. The number of carbonyl (C=O) groups is 2. The number of hydrogen-bond acceptors (Lipinski definition) is 4. The van der Waals surface area contributed by atoms with E-state index in [1.54, 1.807) is 12.3 Å². The van der Waals surface area contributed by atoms with Crippen molar-refractivity contribution in [3.8, 4) is 0 Å². The summed E-state index contributed by atoms with van der Waals surface area (Å²) in [6.07, 6.45) is 3.56. The van der Waals surface area contributed by atoms with Gasteiger partial charge in [0.2, 0.25) is 5.91 Å². The standard InChI is InChI=1S/C20H21N3O2S/c24-18(9-3-12-23-20(25)17-8-4-14-26-17)21-13-10-16-6-1-5-15-7-2-11-22-19(15)16/h1-2,4-8,11,14H,3,9-10,12-13H2,(H,21,24)(H,23,25). The maximum absolute atomic E-state index is 11.9. The maximum atomic E-state index is 11.9. The summed E-state index contributed by atoms with van der Waals surface area (Å²) in [6.45, 7) is 1.08. The van der Waals surface area contributed by atoms with E-state index in [-0.39, 0.29) is 11.8 Å². The molecule has 0 spiro atoms. The minimum atomic E-state index is -0.0798. The molecule has 0 saturated carbocycles. The van der Waals surface area contributed by atoms with Crippen LogP contribution in [0.2, 0.25) is 0 Å². The molecular weight excluding hydrogens is 346 g/mol. The highest BCUT2D eigenvalue weighted by Crippen LogP contribution is 2.16. The summed E-state index contributed by atoms with van der Waals surface area (Å²) in [5, 5.41) is 8.74. The first kappa shape index (κ1) is 18.1. The molecule has 3 rings (SSSR count). The lowest BCUT2D eigenvalue weighted by atomic mass is 10.1. The number of fused-ring (bicyclic) bond motifs is 1. The molecule has 0 radical (unpaired) electrons. The Kier molecular flexibility index (Phi) is 6.33. The minimum absolute atomic E-state index is 0.00330. The van der Waals surface area contributed by atoms with E-state index in [1.165, 1.54) is 11.3 Å². The normalized spacial score (nSPS) is 10.6. The number of carbonyl (C=O) groups excluding carboxylic acids is 2. The van der Waals surface area contributed by atoms with Gasteiger partial charge in [0.05, 0.1) is 10.4 Å². The topological polar surface area (TPSA) is 71.1 Å². The molecule has 0 unspecified atom stereocenters. The predicted octanol–water partition coefficient (Wildman–Crippen LogP) is 3.17. The van der Waals surface area contributed by atoms with Gasteiger partial charge in [-0.15, -0.1) is 11.3 Å². The lowest BCUT2D eigenvalue weighted by Gasteiger charge is -2.08. The second-order valence-electron chi connectivity index (χ2n) is 5.93. The van der Waals surface area contributed by atoms with Crippen LogP contribution in [0, 0.1) is 0 Å². The molecular formula is C20H21N3O2S. The van der Waals surface area contributed by atoms with E-state index in [0.29, 0.717) is 30.8 Å². The number of aromatic nitrogens is 1. The molecule has 26 heavy (non-hydrogen) atoms. The van der Waals surface area contributed by atoms with Crippen LogP contribution in [0.5, 0.6) is 0 Å². The van der Waals surface area contributed by atoms with Crippen molar-refractivity contribution in [2.24, 2.45) is 0 Å². The molecule has 2 aromatic heterocycles. The van der Waals surface area contributed by atoms with Gasteiger partial charge < -0.3 is 10.6 Å². The molecule has 0 aliphatic carbocycles. The first-order valence-electron chi connectivity index (χ1n) is 8.65. The van der Waals surface area contributed by atoms with Gasteiger partial charge >= 0.3 is 0 Å². The van der Waals surface area contributed by atoms with Gasteiger partial charge in [0, 0.05) is 31.1 Å². The highest BCUT2D eigenvalue weighted by Gasteiger charge is 2.07. The number of benzene rings is 1. The zero-order valence-electron chi connectivity index (χ0n) is 14.4. The molecule has 0 aliphatic heterocycles. The SMILES string of the molecule is O=C(CCCNC(=O)c1cccs1)NCCc1cccc2cccnc12. The van der Waals surface area contributed by atoms with E-state index in [1.807, 2.05) is 41.8 Å². The Labute approximate surface area is 156 Å². The Bertz CT molecular complexity index is 872. The van der Waals surface area contributed by atoms with E-state index in [4.69, 9.17) is 0 Å². The average Bonchev–Trinajstić information content (AvgIpc) is 3.20. The van der Waals surface area contributed by atoms with Gasteiger partial charge in [-0.25, -0.2) is 0 Å². The summed E-state index contributed by atoms with van der Waals surface area (Å²) in [7, 11) is 0. The number of hydrogen-bond donors (Lipinski definition) is 2. The van der Waals surface area contributed by atoms with E-state index >= 15 is 0 Å². The van der Waals surface area contributed by atoms with Gasteiger partial charge in [-0.2, -0.15) is 0 Å². The number of rotatable bonds is 8. The number of pyridine rings is 1. The Balaban J connectivity index is 1.36. The van der Waals surface area contributed by atoms with Crippen molar-refractivity contribution >= 4 is 34.1 Å². The van der Waals surface area contributed by atoms with E-state index in [0.717, 1.165) is 22.9 Å². The van der Waals surface area contributed by atoms with Crippen LogP contribution in [0.3, 0.4) is 0 Å². The van der Waals surface area contributed by atoms with Crippen LogP contribution in [0.15, 0.2) is 54.0 Å². The summed E-state index contributed by atoms with van der Waals surface area (Å²) in [6, 6.07) is 13.7. The third-order valence-electron chi connectivity index (χ3n) is 4.04. The van der Waals surface area contributed by atoms with Crippen LogP contribution >= 0.6 is 11.3 Å². The van der Waals surface area contributed by atoms with E-state index < -0.39 is 0 Å². The van der Waals surface area contributed by atoms with Gasteiger partial charge in [0.1, 0.15) is 0 Å². The lowest BCUT2D eigenvalue weighted by Crippen LogP contribution is -2.28. The van der Waals surface area contributed by atoms with Crippen molar-refractivity contribution in [1.29, 1.82) is 0 Å². The molecule has 2 amide bonds. The number of amides is 2. The summed E-state index contributed by atoms with van der Waals surface area (Å²) in [5.41, 5.74) is 2.12. The van der Waals surface area contributed by atoms with Crippen molar-refractivity contribution in [1.82, 2.24) is 15.6 Å². The van der Waals surface area contributed by atoms with Crippen LogP contribution in [-0.2, 0) is 11.2 Å². The fourth-order valence-electron chi connectivity index (χ4n) is 2.74. The molecule has 2 heterocycles. The van der Waals surface area contributed by atoms with Gasteiger partial charge in [-0.05, 0) is 35.9 Å². The van der Waals surface area contributed by atoms with Crippen molar-refractivity contribution in [3.63, 3.8) is 0 Å². The molecule has 0 bridgehead atoms. The van der Waals surface area contributed by atoms with Crippen LogP contribution in [0.4, 0.5) is 0 Å². The molecule has 0 saturated heterocycles. The van der Waals surface area contributed by atoms with Crippen LogP contribution < -0.4 is 10.6 Å². The zero-order valence-corrected chi connectivity index (χ0v) is 15.2. The maximum Gasteiger partial charge on any atom is 0.261 e. The Morgan fingerprint density at radius 2 is 1.88 bits per heavy atom. The molecule has 3 aromatic rings. The second-order valence-corrected chi connectivity index (χ2v) is 6.88. The summed E-state index contributed by atoms with van der Waals surface area (Å²) >= 11 is 1.41. The van der Waals surface area contributed by atoms with Crippen molar-refractivity contribution in [2.75, 3.05) is 13.1 Å². The molecule has 2 N–H and O–H groups in total. The molecule has 6 heteroatoms. The number of thiophene rings is 1. The largest absolute Gasteiger partial charge is 0.356 e. The van der Waals surface area contributed by atoms with Crippen molar-refractivity contribution in [3.05, 3.63) is 64.5 Å². The molecule has 1 aromatic carbocycles.